The lowest BCUT2D eigenvalue weighted by Crippen LogP contribution is -2.23. The number of carbonyl (C=O) groups excluding carboxylic acids is 1. The number of likely N-dealkylation sites (tertiary alicyclic amines) is 1. The van der Waals surface area contributed by atoms with Crippen LogP contribution in [0.5, 0.6) is 0 Å². The van der Waals surface area contributed by atoms with Crippen LogP contribution < -0.4 is 5.32 Å². The van der Waals surface area contributed by atoms with Gasteiger partial charge in [-0.05, 0) is 54.8 Å². The van der Waals surface area contributed by atoms with Gasteiger partial charge in [-0.3, -0.25) is 9.69 Å². The third-order valence-electron chi connectivity index (χ3n) is 5.45. The minimum absolute atomic E-state index is 0.0210. The van der Waals surface area contributed by atoms with E-state index in [0.717, 1.165) is 28.3 Å². The van der Waals surface area contributed by atoms with E-state index in [-0.39, 0.29) is 5.91 Å². The lowest BCUT2D eigenvalue weighted by atomic mass is 10.1. The number of rotatable bonds is 8. The van der Waals surface area contributed by atoms with Gasteiger partial charge < -0.3 is 5.32 Å². The van der Waals surface area contributed by atoms with Crippen LogP contribution in [0.1, 0.15) is 39.9 Å². The number of nitrogens with zero attached hydrogens (tertiary/aromatic N) is 1. The van der Waals surface area contributed by atoms with Gasteiger partial charge in [-0.15, -0.1) is 11.8 Å². The molecule has 1 fully saturated rings. The summed E-state index contributed by atoms with van der Waals surface area (Å²) < 4.78 is 0. The maximum absolute atomic E-state index is 12.8. The molecule has 1 amide bonds. The topological polar surface area (TPSA) is 32.3 Å². The third-order valence-corrected chi connectivity index (χ3v) is 6.59. The fourth-order valence-corrected chi connectivity index (χ4v) is 4.76. The highest BCUT2D eigenvalue weighted by atomic mass is 32.2. The number of hydrogen-bond donors (Lipinski definition) is 1. The van der Waals surface area contributed by atoms with Gasteiger partial charge >= 0.3 is 0 Å². The number of hydrogen-bond acceptors (Lipinski definition) is 3. The first kappa shape index (κ1) is 20.7. The molecule has 0 saturated carbocycles. The van der Waals surface area contributed by atoms with Crippen LogP contribution in [0.4, 0.5) is 0 Å². The Morgan fingerprint density at radius 1 is 0.800 bits per heavy atom. The lowest BCUT2D eigenvalue weighted by molar-refractivity contribution is 0.0948. The van der Waals surface area contributed by atoms with E-state index in [1.807, 2.05) is 42.5 Å². The Balaban J connectivity index is 1.32. The maximum Gasteiger partial charge on any atom is 0.252 e. The van der Waals surface area contributed by atoms with E-state index in [4.69, 9.17) is 0 Å². The molecule has 0 spiro atoms. The van der Waals surface area contributed by atoms with Crippen LogP contribution in [0.2, 0.25) is 0 Å². The summed E-state index contributed by atoms with van der Waals surface area (Å²) >= 11 is 1.70. The van der Waals surface area contributed by atoms with Gasteiger partial charge in [0.1, 0.15) is 0 Å². The molecule has 0 atom stereocenters. The molecule has 0 radical (unpaired) electrons. The Hall–Kier alpha value is -2.56. The molecular weight excluding hydrogens is 388 g/mol. The minimum atomic E-state index is -0.0210. The molecular formula is C26H28N2OS. The Labute approximate surface area is 183 Å². The molecule has 0 unspecified atom stereocenters. The summed E-state index contributed by atoms with van der Waals surface area (Å²) in [6.45, 7) is 3.98. The zero-order chi connectivity index (χ0) is 20.6. The van der Waals surface area contributed by atoms with E-state index in [9.17, 15) is 4.79 Å². The molecule has 3 aromatic rings. The van der Waals surface area contributed by atoms with Gasteiger partial charge in [0.2, 0.25) is 0 Å². The molecule has 154 valence electrons. The molecule has 1 aliphatic heterocycles. The molecule has 0 bridgehead atoms. The number of nitrogens with one attached hydrogen (secondary N) is 1. The van der Waals surface area contributed by atoms with Crippen molar-refractivity contribution in [3.63, 3.8) is 0 Å². The monoisotopic (exact) mass is 416 g/mol. The second-order valence-electron chi connectivity index (χ2n) is 7.75. The Morgan fingerprint density at radius 3 is 2.23 bits per heavy atom. The van der Waals surface area contributed by atoms with Gasteiger partial charge in [-0.2, -0.15) is 0 Å². The van der Waals surface area contributed by atoms with Crippen molar-refractivity contribution >= 4 is 17.7 Å². The molecule has 4 rings (SSSR count). The summed E-state index contributed by atoms with van der Waals surface area (Å²) in [6.07, 6.45) is 2.63. The summed E-state index contributed by atoms with van der Waals surface area (Å²) in [5.41, 5.74) is 4.47. The van der Waals surface area contributed by atoms with Gasteiger partial charge in [0.05, 0.1) is 5.56 Å². The zero-order valence-electron chi connectivity index (χ0n) is 17.2. The van der Waals surface area contributed by atoms with Gasteiger partial charge in [0.25, 0.3) is 5.91 Å². The van der Waals surface area contributed by atoms with Crippen LogP contribution >= 0.6 is 11.8 Å². The molecule has 3 aromatic carbocycles. The zero-order valence-corrected chi connectivity index (χ0v) is 18.0. The second kappa shape index (κ2) is 10.5. The number of thioether (sulfide) groups is 1. The van der Waals surface area contributed by atoms with E-state index in [2.05, 4.69) is 46.6 Å². The summed E-state index contributed by atoms with van der Waals surface area (Å²) in [6, 6.07) is 26.8. The Morgan fingerprint density at radius 2 is 1.47 bits per heavy atom. The SMILES string of the molecule is O=C(NCc1ccc(CN2CCCC2)cc1)c1ccccc1SCc1ccccc1. The fourth-order valence-electron chi connectivity index (χ4n) is 3.75. The minimum Gasteiger partial charge on any atom is -0.348 e. The number of carbonyl (C=O) groups is 1. The van der Waals surface area contributed by atoms with Gasteiger partial charge in [-0.25, -0.2) is 0 Å². The average Bonchev–Trinajstić information content (AvgIpc) is 3.31. The van der Waals surface area contributed by atoms with Crippen LogP contribution in [0.25, 0.3) is 0 Å². The van der Waals surface area contributed by atoms with Crippen molar-refractivity contribution in [2.24, 2.45) is 0 Å². The van der Waals surface area contributed by atoms with Crippen LogP contribution in [-0.2, 0) is 18.8 Å². The molecule has 4 heteroatoms. The van der Waals surface area contributed by atoms with E-state index < -0.39 is 0 Å². The van der Waals surface area contributed by atoms with E-state index in [1.54, 1.807) is 11.8 Å². The van der Waals surface area contributed by atoms with Crippen LogP contribution in [-0.4, -0.2) is 23.9 Å². The first-order valence-corrected chi connectivity index (χ1v) is 11.6. The lowest BCUT2D eigenvalue weighted by Gasteiger charge is -2.15. The molecule has 30 heavy (non-hydrogen) atoms. The van der Waals surface area contributed by atoms with Crippen LogP contribution in [0.3, 0.4) is 0 Å². The van der Waals surface area contributed by atoms with Crippen molar-refractivity contribution in [1.29, 1.82) is 0 Å². The first-order chi connectivity index (χ1) is 14.8. The molecule has 1 N–H and O–H groups in total. The highest BCUT2D eigenvalue weighted by Crippen LogP contribution is 2.26. The van der Waals surface area contributed by atoms with E-state index in [0.29, 0.717) is 6.54 Å². The summed E-state index contributed by atoms with van der Waals surface area (Å²) in [7, 11) is 0. The van der Waals surface area contributed by atoms with Crippen molar-refractivity contribution in [3.05, 3.63) is 101 Å². The number of benzene rings is 3. The van der Waals surface area contributed by atoms with Gasteiger partial charge in [-0.1, -0.05) is 66.7 Å². The quantitative estimate of drug-likeness (QED) is 0.492. The normalized spacial score (nSPS) is 14.0. The van der Waals surface area contributed by atoms with Crippen LogP contribution in [0.15, 0.2) is 83.8 Å². The van der Waals surface area contributed by atoms with Crippen molar-refractivity contribution in [2.45, 2.75) is 36.6 Å². The molecule has 0 aromatic heterocycles. The molecule has 0 aliphatic carbocycles. The summed E-state index contributed by atoms with van der Waals surface area (Å²) in [5.74, 6) is 0.830. The molecule has 1 aliphatic rings. The fraction of sp³-hybridized carbons (Fsp3) is 0.269. The van der Waals surface area contributed by atoms with Crippen molar-refractivity contribution < 1.29 is 4.79 Å². The maximum atomic E-state index is 12.8. The van der Waals surface area contributed by atoms with Gasteiger partial charge in [0.15, 0.2) is 0 Å². The second-order valence-corrected chi connectivity index (χ2v) is 8.77. The standard InChI is InChI=1S/C26H28N2OS/c29-26(24-10-4-5-11-25(24)30-20-23-8-2-1-3-9-23)27-18-21-12-14-22(15-13-21)19-28-16-6-7-17-28/h1-5,8-15H,6-7,16-20H2,(H,27,29). The number of amides is 1. The Kier molecular flexibility index (Phi) is 7.22. The largest absolute Gasteiger partial charge is 0.348 e. The smallest absolute Gasteiger partial charge is 0.252 e. The average molecular weight is 417 g/mol. The Bertz CT molecular complexity index is 950. The van der Waals surface area contributed by atoms with Crippen molar-refractivity contribution in [1.82, 2.24) is 10.2 Å². The summed E-state index contributed by atoms with van der Waals surface area (Å²) in [5, 5.41) is 3.08. The highest BCUT2D eigenvalue weighted by Gasteiger charge is 2.13. The summed E-state index contributed by atoms with van der Waals surface area (Å²) in [4.78, 5) is 16.3. The van der Waals surface area contributed by atoms with Gasteiger partial charge in [0, 0.05) is 23.7 Å². The van der Waals surface area contributed by atoms with E-state index >= 15 is 0 Å². The molecule has 3 nitrogen and oxygen atoms in total. The highest BCUT2D eigenvalue weighted by molar-refractivity contribution is 7.98. The van der Waals surface area contributed by atoms with Crippen LogP contribution in [0, 0.1) is 0 Å². The molecule has 1 heterocycles. The first-order valence-electron chi connectivity index (χ1n) is 10.6. The van der Waals surface area contributed by atoms with Crippen molar-refractivity contribution in [3.8, 4) is 0 Å². The third kappa shape index (κ3) is 5.74. The molecule has 1 saturated heterocycles. The van der Waals surface area contributed by atoms with Crippen molar-refractivity contribution in [2.75, 3.05) is 13.1 Å². The predicted octanol–water partition coefficient (Wildman–Crippen LogP) is 5.50. The predicted molar refractivity (Wildman–Crippen MR) is 125 cm³/mol. The van der Waals surface area contributed by atoms with E-state index in [1.165, 1.54) is 37.1 Å².